The van der Waals surface area contributed by atoms with Gasteiger partial charge in [0.15, 0.2) is 9.84 Å². The highest BCUT2D eigenvalue weighted by molar-refractivity contribution is 7.94. The number of pyridine rings is 3. The Balaban J connectivity index is 1.34. The van der Waals surface area contributed by atoms with E-state index in [2.05, 4.69) is 35.6 Å². The highest BCUT2D eigenvalue weighted by Crippen LogP contribution is 2.24. The van der Waals surface area contributed by atoms with Gasteiger partial charge >= 0.3 is 0 Å². The quantitative estimate of drug-likeness (QED) is 0.354. The van der Waals surface area contributed by atoms with Crippen LogP contribution < -0.4 is 10.2 Å². The summed E-state index contributed by atoms with van der Waals surface area (Å²) < 4.78 is 30.4. The molecule has 3 aromatic heterocycles. The van der Waals surface area contributed by atoms with Crippen molar-refractivity contribution in [3.05, 3.63) is 89.6 Å². The van der Waals surface area contributed by atoms with E-state index in [0.29, 0.717) is 11.3 Å². The van der Waals surface area contributed by atoms with Crippen molar-refractivity contribution in [3.63, 3.8) is 0 Å². The fourth-order valence-electron chi connectivity index (χ4n) is 4.81. The predicted molar refractivity (Wildman–Crippen MR) is 155 cm³/mol. The van der Waals surface area contributed by atoms with Gasteiger partial charge in [0.05, 0.1) is 46.2 Å². The van der Waals surface area contributed by atoms with Gasteiger partial charge in [-0.25, -0.2) is 18.4 Å². The monoisotopic (exact) mass is 557 g/mol. The number of hydrogen-bond acceptors (Lipinski definition) is 8. The summed E-state index contributed by atoms with van der Waals surface area (Å²) in [6.07, 6.45) is 1.98. The maximum atomic E-state index is 12.8. The van der Waals surface area contributed by atoms with Crippen molar-refractivity contribution in [2.24, 2.45) is 0 Å². The molecule has 0 unspecified atom stereocenters. The Morgan fingerprint density at radius 1 is 1.07 bits per heavy atom. The summed E-state index contributed by atoms with van der Waals surface area (Å²) in [5.41, 5.74) is 3.63. The smallest absolute Gasteiger partial charge is 0.251 e. The molecule has 0 aliphatic carbocycles. The second-order valence-electron chi connectivity index (χ2n) is 9.98. The molecule has 1 aliphatic rings. The van der Waals surface area contributed by atoms with E-state index < -0.39 is 15.7 Å². The largest absolute Gasteiger partial charge is 0.372 e. The summed E-state index contributed by atoms with van der Waals surface area (Å²) in [5.74, 6) is 0.483. The molecule has 0 bridgehead atoms. The Morgan fingerprint density at radius 2 is 1.82 bits per heavy atom. The number of nitrogens with zero attached hydrogens (tertiary/aromatic N) is 4. The van der Waals surface area contributed by atoms with Gasteiger partial charge < -0.3 is 15.0 Å². The third-order valence-electron chi connectivity index (χ3n) is 6.78. The summed E-state index contributed by atoms with van der Waals surface area (Å²) in [7, 11) is -3.67. The average molecular weight is 558 g/mol. The number of nitrogens with one attached hydrogen (secondary N) is 1. The number of ether oxygens (including phenoxy) is 1. The zero-order chi connectivity index (χ0) is 28.4. The number of fused-ring (bicyclic) bond motifs is 1. The molecule has 10 heteroatoms. The molecule has 4 heterocycles. The highest BCUT2D eigenvalue weighted by Gasteiger charge is 2.23. The summed E-state index contributed by atoms with van der Waals surface area (Å²) in [6.45, 7) is 10.9. The van der Waals surface area contributed by atoms with Gasteiger partial charge in [-0.15, -0.1) is 0 Å². The average Bonchev–Trinajstić information content (AvgIpc) is 2.95. The maximum absolute atomic E-state index is 12.8. The Morgan fingerprint density at radius 3 is 2.58 bits per heavy atom. The Hall–Kier alpha value is -4.15. The third kappa shape index (κ3) is 5.88. The second kappa shape index (κ2) is 11.1. The lowest BCUT2D eigenvalue weighted by Crippen LogP contribution is -2.45. The van der Waals surface area contributed by atoms with Crippen molar-refractivity contribution in [1.82, 2.24) is 20.3 Å². The van der Waals surface area contributed by atoms with Crippen LogP contribution in [0, 0.1) is 6.92 Å². The number of rotatable bonds is 7. The summed E-state index contributed by atoms with van der Waals surface area (Å²) in [6, 6.07) is 16.2. The topological polar surface area (TPSA) is 114 Å². The van der Waals surface area contributed by atoms with E-state index in [1.165, 1.54) is 6.07 Å². The number of hydrogen-bond donors (Lipinski definition) is 1. The SMILES string of the molecule is C=CS(=O)(=O)c1cc(C(=O)NCc2cc3nc(-c4cccc(N5C[C@@H](C)O[C@@H](C)C5)n4)ccc3cn2)ccc1C. The van der Waals surface area contributed by atoms with Crippen LogP contribution in [0.5, 0.6) is 0 Å². The number of sulfone groups is 1. The normalized spacial score (nSPS) is 17.5. The zero-order valence-corrected chi connectivity index (χ0v) is 23.5. The molecule has 1 aromatic carbocycles. The van der Waals surface area contributed by atoms with E-state index in [1.54, 1.807) is 25.3 Å². The highest BCUT2D eigenvalue weighted by atomic mass is 32.2. The first-order chi connectivity index (χ1) is 19.1. The van der Waals surface area contributed by atoms with Gasteiger partial charge in [-0.05, 0) is 68.8 Å². The Labute approximate surface area is 233 Å². The van der Waals surface area contributed by atoms with Crippen LogP contribution in [0.3, 0.4) is 0 Å². The molecule has 1 saturated heterocycles. The number of amides is 1. The van der Waals surface area contributed by atoms with Crippen molar-refractivity contribution >= 4 is 32.5 Å². The molecular weight excluding hydrogens is 526 g/mol. The molecule has 0 radical (unpaired) electrons. The van der Waals surface area contributed by atoms with E-state index in [0.717, 1.165) is 46.6 Å². The number of carbonyl (C=O) groups excluding carboxylic acids is 1. The lowest BCUT2D eigenvalue weighted by molar-refractivity contribution is -0.00545. The molecule has 40 heavy (non-hydrogen) atoms. The van der Waals surface area contributed by atoms with Crippen molar-refractivity contribution in [2.45, 2.75) is 44.4 Å². The first-order valence-electron chi connectivity index (χ1n) is 13.0. The van der Waals surface area contributed by atoms with Crippen LogP contribution in [-0.4, -0.2) is 54.6 Å². The van der Waals surface area contributed by atoms with E-state index >= 15 is 0 Å². The molecule has 2 atom stereocenters. The second-order valence-corrected chi connectivity index (χ2v) is 11.8. The van der Waals surface area contributed by atoms with Gasteiger partial charge in [-0.2, -0.15) is 0 Å². The molecule has 206 valence electrons. The molecular formula is C30H31N5O4S. The van der Waals surface area contributed by atoms with E-state index in [9.17, 15) is 13.2 Å². The maximum Gasteiger partial charge on any atom is 0.251 e. The Kier molecular flexibility index (Phi) is 7.64. The molecule has 1 N–H and O–H groups in total. The summed E-state index contributed by atoms with van der Waals surface area (Å²) >= 11 is 0. The molecule has 0 saturated carbocycles. The number of anilines is 1. The van der Waals surface area contributed by atoms with Crippen LogP contribution >= 0.6 is 0 Å². The van der Waals surface area contributed by atoms with E-state index in [4.69, 9.17) is 14.7 Å². The zero-order valence-electron chi connectivity index (χ0n) is 22.7. The Bertz CT molecular complexity index is 1700. The van der Waals surface area contributed by atoms with Gasteiger partial charge in [0.1, 0.15) is 5.82 Å². The fraction of sp³-hybridized carbons (Fsp3) is 0.267. The van der Waals surface area contributed by atoms with Crippen molar-refractivity contribution in [3.8, 4) is 11.4 Å². The van der Waals surface area contributed by atoms with Crippen molar-refractivity contribution < 1.29 is 17.9 Å². The molecule has 4 aromatic rings. The minimum atomic E-state index is -3.67. The predicted octanol–water partition coefficient (Wildman–Crippen LogP) is 4.46. The van der Waals surface area contributed by atoms with Crippen molar-refractivity contribution in [2.75, 3.05) is 18.0 Å². The molecule has 0 spiro atoms. The fourth-order valence-corrected chi connectivity index (χ4v) is 5.80. The molecule has 1 aliphatic heterocycles. The van der Waals surface area contributed by atoms with E-state index in [-0.39, 0.29) is 29.2 Å². The van der Waals surface area contributed by atoms with Gasteiger partial charge in [-0.3, -0.25) is 9.78 Å². The van der Waals surface area contributed by atoms with Crippen molar-refractivity contribution in [1.29, 1.82) is 0 Å². The number of carbonyl (C=O) groups is 1. The standard InChI is InChI=1S/C30H31N5O4S/c1-5-40(37,38)28-13-22(10-9-19(28)2)30(36)32-16-24-14-27-23(15-31-24)11-12-26(33-27)25-7-6-8-29(34-25)35-17-20(3)39-21(4)18-35/h5-15,20-21H,1,16-18H2,2-4H3,(H,32,36)/t20-,21+. The van der Waals surface area contributed by atoms with E-state index in [1.807, 2.05) is 36.4 Å². The van der Waals surface area contributed by atoms with Gasteiger partial charge in [-0.1, -0.05) is 18.7 Å². The first-order valence-corrected chi connectivity index (χ1v) is 14.6. The lowest BCUT2D eigenvalue weighted by atomic mass is 10.1. The van der Waals surface area contributed by atoms with Crippen LogP contribution in [0.4, 0.5) is 5.82 Å². The number of aryl methyl sites for hydroxylation is 1. The van der Waals surface area contributed by atoms with Crippen LogP contribution in [0.25, 0.3) is 22.3 Å². The van der Waals surface area contributed by atoms with Crippen LogP contribution in [0.2, 0.25) is 0 Å². The molecule has 9 nitrogen and oxygen atoms in total. The van der Waals surface area contributed by atoms with Crippen LogP contribution in [-0.2, 0) is 21.1 Å². The lowest BCUT2D eigenvalue weighted by Gasteiger charge is -2.36. The van der Waals surface area contributed by atoms with Gasteiger partial charge in [0.25, 0.3) is 5.91 Å². The van der Waals surface area contributed by atoms with Gasteiger partial charge in [0.2, 0.25) is 0 Å². The molecule has 1 amide bonds. The summed E-state index contributed by atoms with van der Waals surface area (Å²) in [4.78, 5) is 29.3. The third-order valence-corrected chi connectivity index (χ3v) is 8.27. The van der Waals surface area contributed by atoms with Crippen LogP contribution in [0.15, 0.2) is 77.7 Å². The van der Waals surface area contributed by atoms with Crippen LogP contribution in [0.1, 0.15) is 35.5 Å². The molecule has 1 fully saturated rings. The number of morpholine rings is 1. The number of benzene rings is 1. The van der Waals surface area contributed by atoms with Gasteiger partial charge in [0, 0.05) is 35.6 Å². The minimum Gasteiger partial charge on any atom is -0.372 e. The molecule has 5 rings (SSSR count). The number of aromatic nitrogens is 3. The minimum absolute atomic E-state index is 0.0611. The summed E-state index contributed by atoms with van der Waals surface area (Å²) in [5, 5.41) is 4.56. The first kappa shape index (κ1) is 27.4.